The Morgan fingerprint density at radius 2 is 2.00 bits per heavy atom. The molecular formula is C26H29F2N5O. The van der Waals surface area contributed by atoms with Crippen LogP contribution in [-0.4, -0.2) is 28.3 Å². The fraction of sp³-hybridized carbons (Fsp3) is 0.385. The number of rotatable bonds is 4. The molecule has 0 spiro atoms. The molecule has 8 heteroatoms. The maximum absolute atomic E-state index is 14.3. The molecule has 5 rings (SSSR count). The van der Waals surface area contributed by atoms with Gasteiger partial charge in [0.2, 0.25) is 5.91 Å². The predicted octanol–water partition coefficient (Wildman–Crippen LogP) is 6.30. The van der Waals surface area contributed by atoms with Gasteiger partial charge in [0.1, 0.15) is 0 Å². The number of hydrogen-bond donors (Lipinski definition) is 2. The van der Waals surface area contributed by atoms with Crippen molar-refractivity contribution in [1.82, 2.24) is 9.78 Å². The van der Waals surface area contributed by atoms with E-state index in [-0.39, 0.29) is 23.6 Å². The van der Waals surface area contributed by atoms with Crippen LogP contribution < -0.4 is 15.5 Å². The van der Waals surface area contributed by atoms with Crippen LogP contribution in [0.25, 0.3) is 11.1 Å². The van der Waals surface area contributed by atoms with Crippen LogP contribution in [0.1, 0.15) is 57.2 Å². The Kier molecular flexibility index (Phi) is 5.75. The highest BCUT2D eigenvalue weighted by atomic mass is 19.3. The number of hydrogen-bond acceptors (Lipinski definition) is 4. The first-order valence-corrected chi connectivity index (χ1v) is 11.8. The van der Waals surface area contributed by atoms with Gasteiger partial charge in [-0.1, -0.05) is 6.07 Å². The van der Waals surface area contributed by atoms with Crippen molar-refractivity contribution in [1.29, 1.82) is 0 Å². The highest BCUT2D eigenvalue weighted by molar-refractivity contribution is 6.00. The molecule has 0 radical (unpaired) electrons. The number of carbonyl (C=O) groups is 1. The van der Waals surface area contributed by atoms with Crippen LogP contribution in [0, 0.1) is 0 Å². The van der Waals surface area contributed by atoms with E-state index in [1.807, 2.05) is 51.2 Å². The van der Waals surface area contributed by atoms with Crippen molar-refractivity contribution in [2.45, 2.75) is 58.5 Å². The smallest absolute Gasteiger partial charge is 0.264 e. The van der Waals surface area contributed by atoms with Crippen molar-refractivity contribution in [3.63, 3.8) is 0 Å². The maximum atomic E-state index is 14.3. The second-order valence-electron chi connectivity index (χ2n) is 9.42. The monoisotopic (exact) mass is 465 g/mol. The molecule has 1 atom stereocenters. The summed E-state index contributed by atoms with van der Waals surface area (Å²) in [4.78, 5) is 14.3. The second kappa shape index (κ2) is 8.74. The molecule has 0 fully saturated rings. The van der Waals surface area contributed by atoms with Crippen LogP contribution in [0.5, 0.6) is 0 Å². The number of nitrogens with zero attached hydrogens (tertiary/aromatic N) is 3. The predicted molar refractivity (Wildman–Crippen MR) is 131 cm³/mol. The summed E-state index contributed by atoms with van der Waals surface area (Å²) in [5.41, 5.74) is 5.49. The first-order valence-electron chi connectivity index (χ1n) is 11.8. The van der Waals surface area contributed by atoms with Crippen LogP contribution in [0.3, 0.4) is 0 Å². The fourth-order valence-corrected chi connectivity index (χ4v) is 4.89. The summed E-state index contributed by atoms with van der Waals surface area (Å²) in [6.45, 7) is 6.69. The molecule has 3 heterocycles. The molecule has 34 heavy (non-hydrogen) atoms. The molecule has 2 aliphatic heterocycles. The number of para-hydroxylation sites is 1. The zero-order chi connectivity index (χ0) is 24.0. The van der Waals surface area contributed by atoms with Gasteiger partial charge in [0, 0.05) is 48.1 Å². The lowest BCUT2D eigenvalue weighted by molar-refractivity contribution is -0.116. The molecular weight excluding hydrogens is 436 g/mol. The van der Waals surface area contributed by atoms with E-state index in [9.17, 15) is 13.6 Å². The quantitative estimate of drug-likeness (QED) is 0.475. The van der Waals surface area contributed by atoms with Gasteiger partial charge in [-0.3, -0.25) is 9.48 Å². The fourth-order valence-electron chi connectivity index (χ4n) is 4.89. The topological polar surface area (TPSA) is 62.2 Å². The first kappa shape index (κ1) is 22.4. The Balaban J connectivity index is 1.62. The summed E-state index contributed by atoms with van der Waals surface area (Å²) in [7, 11) is 0. The van der Waals surface area contributed by atoms with E-state index in [1.165, 1.54) is 0 Å². The minimum absolute atomic E-state index is 0.00519. The number of benzene rings is 2. The standard InChI is InChI=1S/C26H29F2N5O/c1-15(2)33-14-18(13-29-33)19-11-17-6-5-9-32(23(17)12-20(19)26(27)28)22-8-4-7-21-25(22)30-16(3)10-24(34)31-21/h4,7-8,11-16,26,30H,5-6,9-10H2,1-3H3,(H,31,34)/t16-/m0/s1. The molecule has 0 aliphatic carbocycles. The molecule has 1 aromatic heterocycles. The lowest BCUT2D eigenvalue weighted by Gasteiger charge is -2.34. The number of nitrogens with one attached hydrogen (secondary N) is 2. The SMILES string of the molecule is CC(C)n1cc(-c2cc3c(cc2C(F)F)N(c2cccc4c2N[C@@H](C)CC(=O)N4)CCC3)cn1. The lowest BCUT2D eigenvalue weighted by Crippen LogP contribution is -2.26. The molecule has 2 aromatic carbocycles. The summed E-state index contributed by atoms with van der Waals surface area (Å²) in [6.07, 6.45) is 2.97. The molecule has 1 amide bonds. The molecule has 0 bridgehead atoms. The van der Waals surface area contributed by atoms with Gasteiger partial charge < -0.3 is 15.5 Å². The van der Waals surface area contributed by atoms with Gasteiger partial charge in [-0.25, -0.2) is 8.78 Å². The van der Waals surface area contributed by atoms with Crippen molar-refractivity contribution in [2.24, 2.45) is 0 Å². The van der Waals surface area contributed by atoms with Crippen LogP contribution in [-0.2, 0) is 11.2 Å². The highest BCUT2D eigenvalue weighted by Crippen LogP contribution is 2.45. The number of halogens is 2. The number of aryl methyl sites for hydroxylation is 1. The van der Waals surface area contributed by atoms with E-state index in [0.717, 1.165) is 35.5 Å². The summed E-state index contributed by atoms with van der Waals surface area (Å²) in [6, 6.07) is 9.40. The zero-order valence-electron chi connectivity index (χ0n) is 19.6. The molecule has 0 saturated heterocycles. The van der Waals surface area contributed by atoms with Gasteiger partial charge >= 0.3 is 0 Å². The third-order valence-electron chi connectivity index (χ3n) is 6.54. The maximum Gasteiger partial charge on any atom is 0.264 e. The van der Waals surface area contributed by atoms with Crippen LogP contribution in [0.2, 0.25) is 0 Å². The van der Waals surface area contributed by atoms with Gasteiger partial charge in [0.25, 0.3) is 6.43 Å². The number of carbonyl (C=O) groups excluding carboxylic acids is 1. The van der Waals surface area contributed by atoms with E-state index < -0.39 is 6.43 Å². The number of fused-ring (bicyclic) bond motifs is 2. The van der Waals surface area contributed by atoms with E-state index in [1.54, 1.807) is 16.9 Å². The van der Waals surface area contributed by atoms with Crippen LogP contribution in [0.4, 0.5) is 31.5 Å². The first-order chi connectivity index (χ1) is 16.3. The third kappa shape index (κ3) is 4.02. The van der Waals surface area contributed by atoms with Crippen LogP contribution in [0.15, 0.2) is 42.7 Å². The second-order valence-corrected chi connectivity index (χ2v) is 9.42. The Bertz CT molecular complexity index is 1240. The van der Waals surface area contributed by atoms with Gasteiger partial charge in [-0.05, 0) is 69.0 Å². The van der Waals surface area contributed by atoms with Gasteiger partial charge in [-0.2, -0.15) is 5.10 Å². The van der Waals surface area contributed by atoms with E-state index >= 15 is 0 Å². The summed E-state index contributed by atoms with van der Waals surface area (Å²) in [5.74, 6) is -0.0403. The Morgan fingerprint density at radius 3 is 2.74 bits per heavy atom. The molecule has 2 N–H and O–H groups in total. The summed E-state index contributed by atoms with van der Waals surface area (Å²) >= 11 is 0. The lowest BCUT2D eigenvalue weighted by atomic mass is 9.92. The Labute approximate surface area is 198 Å². The van der Waals surface area contributed by atoms with Gasteiger partial charge in [0.15, 0.2) is 0 Å². The molecule has 0 saturated carbocycles. The number of anilines is 4. The molecule has 0 unspecified atom stereocenters. The largest absolute Gasteiger partial charge is 0.379 e. The van der Waals surface area contributed by atoms with E-state index in [2.05, 4.69) is 20.6 Å². The van der Waals surface area contributed by atoms with Gasteiger partial charge in [-0.15, -0.1) is 0 Å². The molecule has 2 aliphatic rings. The molecule has 6 nitrogen and oxygen atoms in total. The number of aromatic nitrogens is 2. The zero-order valence-corrected chi connectivity index (χ0v) is 19.6. The number of amides is 1. The average molecular weight is 466 g/mol. The van der Waals surface area contributed by atoms with Crippen molar-refractivity contribution >= 4 is 28.7 Å². The van der Waals surface area contributed by atoms with Crippen molar-refractivity contribution in [3.05, 3.63) is 53.9 Å². The van der Waals surface area contributed by atoms with Crippen molar-refractivity contribution < 1.29 is 13.6 Å². The third-order valence-corrected chi connectivity index (χ3v) is 6.54. The van der Waals surface area contributed by atoms with E-state index in [4.69, 9.17) is 0 Å². The highest BCUT2D eigenvalue weighted by Gasteiger charge is 2.28. The molecule has 178 valence electrons. The average Bonchev–Trinajstić information content (AvgIpc) is 3.23. The van der Waals surface area contributed by atoms with Crippen molar-refractivity contribution in [2.75, 3.05) is 22.1 Å². The Hall–Kier alpha value is -3.42. The Morgan fingerprint density at radius 1 is 1.18 bits per heavy atom. The number of alkyl halides is 2. The molecule has 3 aromatic rings. The van der Waals surface area contributed by atoms with Crippen molar-refractivity contribution in [3.8, 4) is 11.1 Å². The van der Waals surface area contributed by atoms with Crippen LogP contribution >= 0.6 is 0 Å². The van der Waals surface area contributed by atoms with E-state index in [0.29, 0.717) is 29.8 Å². The normalized spacial score (nSPS) is 17.8. The minimum Gasteiger partial charge on any atom is -0.379 e. The van der Waals surface area contributed by atoms with Gasteiger partial charge in [0.05, 0.1) is 23.3 Å². The summed E-state index contributed by atoms with van der Waals surface area (Å²) < 4.78 is 30.4. The summed E-state index contributed by atoms with van der Waals surface area (Å²) in [5, 5.41) is 10.8. The minimum atomic E-state index is -2.61.